The van der Waals surface area contributed by atoms with Gasteiger partial charge in [-0.25, -0.2) is 4.79 Å². The largest absolute Gasteiger partial charge is 0.467 e. The van der Waals surface area contributed by atoms with Crippen LogP contribution in [-0.4, -0.2) is 24.8 Å². The standard InChI is InChI=1S/C13H20O3/c1-12(2)6-5-7-13(3)10(12)8-9(16-13)11(14)15-4/h8-9H,5-7H2,1-4H3/t9-,13+/m0/s1. The predicted molar refractivity (Wildman–Crippen MR) is 61.0 cm³/mol. The van der Waals surface area contributed by atoms with Crippen molar-refractivity contribution in [2.45, 2.75) is 51.7 Å². The average Bonchev–Trinajstić information content (AvgIpc) is 2.56. The summed E-state index contributed by atoms with van der Waals surface area (Å²) in [6, 6.07) is 0. The first-order chi connectivity index (χ1) is 7.39. The Hall–Kier alpha value is -0.830. The molecular weight excluding hydrogens is 204 g/mol. The van der Waals surface area contributed by atoms with Crippen LogP contribution in [0.3, 0.4) is 0 Å². The first-order valence-electron chi connectivity index (χ1n) is 5.87. The van der Waals surface area contributed by atoms with Gasteiger partial charge in [-0.2, -0.15) is 0 Å². The number of methoxy groups -OCH3 is 1. The maximum Gasteiger partial charge on any atom is 0.339 e. The summed E-state index contributed by atoms with van der Waals surface area (Å²) >= 11 is 0. The van der Waals surface area contributed by atoms with E-state index in [1.54, 1.807) is 0 Å². The monoisotopic (exact) mass is 224 g/mol. The van der Waals surface area contributed by atoms with Crippen molar-refractivity contribution >= 4 is 5.97 Å². The minimum Gasteiger partial charge on any atom is -0.467 e. The quantitative estimate of drug-likeness (QED) is 0.507. The molecule has 16 heavy (non-hydrogen) atoms. The lowest BCUT2D eigenvalue weighted by atomic mass is 9.67. The van der Waals surface area contributed by atoms with Gasteiger partial charge in [-0.1, -0.05) is 13.8 Å². The van der Waals surface area contributed by atoms with Crippen LogP contribution >= 0.6 is 0 Å². The Labute approximate surface area is 96.8 Å². The van der Waals surface area contributed by atoms with Crippen molar-refractivity contribution in [3.8, 4) is 0 Å². The zero-order chi connectivity index (χ0) is 12.0. The highest BCUT2D eigenvalue weighted by Gasteiger charge is 2.49. The number of rotatable bonds is 1. The molecule has 0 aromatic carbocycles. The average molecular weight is 224 g/mol. The Morgan fingerprint density at radius 3 is 2.69 bits per heavy atom. The third-order valence-corrected chi connectivity index (χ3v) is 3.89. The van der Waals surface area contributed by atoms with Gasteiger partial charge in [-0.15, -0.1) is 0 Å². The summed E-state index contributed by atoms with van der Waals surface area (Å²) in [6.45, 7) is 6.53. The van der Waals surface area contributed by atoms with E-state index in [1.807, 2.05) is 6.08 Å². The molecule has 1 saturated carbocycles. The Morgan fingerprint density at radius 2 is 2.12 bits per heavy atom. The molecule has 0 unspecified atom stereocenters. The number of hydrogen-bond donors (Lipinski definition) is 0. The first kappa shape index (κ1) is 11.6. The van der Waals surface area contributed by atoms with E-state index in [0.717, 1.165) is 19.3 Å². The lowest BCUT2D eigenvalue weighted by Gasteiger charge is -2.42. The summed E-state index contributed by atoms with van der Waals surface area (Å²) < 4.78 is 10.6. The van der Waals surface area contributed by atoms with E-state index in [2.05, 4.69) is 20.8 Å². The molecule has 0 aromatic rings. The SMILES string of the molecule is COC(=O)[C@@H]1C=C2C(C)(C)CCC[C@@]2(C)O1. The third kappa shape index (κ3) is 1.67. The van der Waals surface area contributed by atoms with Crippen LogP contribution in [0.25, 0.3) is 0 Å². The molecule has 2 rings (SSSR count). The molecule has 0 aromatic heterocycles. The second kappa shape index (κ2) is 3.59. The maximum atomic E-state index is 11.5. The van der Waals surface area contributed by atoms with Gasteiger partial charge in [0.15, 0.2) is 6.10 Å². The highest BCUT2D eigenvalue weighted by molar-refractivity contribution is 5.78. The molecule has 0 radical (unpaired) electrons. The van der Waals surface area contributed by atoms with Crippen LogP contribution in [0.15, 0.2) is 11.6 Å². The van der Waals surface area contributed by atoms with Gasteiger partial charge in [0.25, 0.3) is 0 Å². The van der Waals surface area contributed by atoms with Gasteiger partial charge in [0.1, 0.15) is 0 Å². The molecule has 0 bridgehead atoms. The minimum absolute atomic E-state index is 0.135. The molecule has 2 aliphatic rings. The summed E-state index contributed by atoms with van der Waals surface area (Å²) in [5, 5.41) is 0. The molecule has 3 nitrogen and oxygen atoms in total. The molecule has 2 atom stereocenters. The molecule has 90 valence electrons. The summed E-state index contributed by atoms with van der Waals surface area (Å²) in [7, 11) is 1.40. The molecule has 1 aliphatic carbocycles. The second-order valence-electron chi connectivity index (χ2n) is 5.61. The van der Waals surface area contributed by atoms with Crippen LogP contribution in [0.5, 0.6) is 0 Å². The summed E-state index contributed by atoms with van der Waals surface area (Å²) in [5.74, 6) is -0.293. The van der Waals surface area contributed by atoms with E-state index < -0.39 is 6.10 Å². The molecule has 0 amide bonds. The summed E-state index contributed by atoms with van der Waals surface area (Å²) in [4.78, 5) is 11.5. The highest BCUT2D eigenvalue weighted by Crippen LogP contribution is 2.51. The van der Waals surface area contributed by atoms with Gasteiger partial charge in [0.2, 0.25) is 0 Å². The number of ether oxygens (including phenoxy) is 2. The molecule has 1 fully saturated rings. The van der Waals surface area contributed by atoms with Gasteiger partial charge in [-0.3, -0.25) is 0 Å². The summed E-state index contributed by atoms with van der Waals surface area (Å²) in [5.41, 5.74) is 1.14. The van der Waals surface area contributed by atoms with Crippen molar-refractivity contribution in [2.75, 3.05) is 7.11 Å². The molecule has 3 heteroatoms. The highest BCUT2D eigenvalue weighted by atomic mass is 16.6. The molecule has 1 aliphatic heterocycles. The van der Waals surface area contributed by atoms with Gasteiger partial charge >= 0.3 is 5.97 Å². The Bertz CT molecular complexity index is 343. The number of carbonyl (C=O) groups is 1. The van der Waals surface area contributed by atoms with Crippen LogP contribution in [0.4, 0.5) is 0 Å². The second-order valence-corrected chi connectivity index (χ2v) is 5.61. The first-order valence-corrected chi connectivity index (χ1v) is 5.87. The van der Waals surface area contributed by atoms with Crippen LogP contribution in [-0.2, 0) is 14.3 Å². The molecule has 0 N–H and O–H groups in total. The van der Waals surface area contributed by atoms with Crippen LogP contribution < -0.4 is 0 Å². The lowest BCUT2D eigenvalue weighted by Crippen LogP contribution is -2.39. The molecule has 0 saturated heterocycles. The Kier molecular flexibility index (Phi) is 2.61. The van der Waals surface area contributed by atoms with Crippen LogP contribution in [0.1, 0.15) is 40.0 Å². The fourth-order valence-electron chi connectivity index (χ4n) is 3.08. The van der Waals surface area contributed by atoms with Gasteiger partial charge in [0, 0.05) is 0 Å². The Balaban J connectivity index is 2.31. The number of fused-ring (bicyclic) bond motifs is 1. The van der Waals surface area contributed by atoms with E-state index in [-0.39, 0.29) is 17.0 Å². The summed E-state index contributed by atoms with van der Waals surface area (Å²) in [6.07, 6.45) is 4.75. The van der Waals surface area contributed by atoms with Crippen LogP contribution in [0, 0.1) is 5.41 Å². The third-order valence-electron chi connectivity index (χ3n) is 3.89. The molecule has 0 spiro atoms. The number of hydrogen-bond acceptors (Lipinski definition) is 3. The smallest absolute Gasteiger partial charge is 0.339 e. The zero-order valence-corrected chi connectivity index (χ0v) is 10.5. The zero-order valence-electron chi connectivity index (χ0n) is 10.5. The van der Waals surface area contributed by atoms with Crippen molar-refractivity contribution in [1.29, 1.82) is 0 Å². The number of esters is 1. The van der Waals surface area contributed by atoms with E-state index in [9.17, 15) is 4.79 Å². The van der Waals surface area contributed by atoms with E-state index in [1.165, 1.54) is 12.7 Å². The van der Waals surface area contributed by atoms with Crippen LogP contribution in [0.2, 0.25) is 0 Å². The predicted octanol–water partition coefficient (Wildman–Crippen LogP) is 2.45. The molecular formula is C13H20O3. The van der Waals surface area contributed by atoms with Crippen molar-refractivity contribution < 1.29 is 14.3 Å². The minimum atomic E-state index is -0.512. The molecule has 1 heterocycles. The van der Waals surface area contributed by atoms with Crippen molar-refractivity contribution in [3.63, 3.8) is 0 Å². The Morgan fingerprint density at radius 1 is 1.44 bits per heavy atom. The van der Waals surface area contributed by atoms with Gasteiger partial charge in [0.05, 0.1) is 12.7 Å². The van der Waals surface area contributed by atoms with Crippen molar-refractivity contribution in [2.24, 2.45) is 5.41 Å². The van der Waals surface area contributed by atoms with Gasteiger partial charge < -0.3 is 9.47 Å². The number of carbonyl (C=O) groups excluding carboxylic acids is 1. The fourth-order valence-corrected chi connectivity index (χ4v) is 3.08. The van der Waals surface area contributed by atoms with Crippen molar-refractivity contribution in [3.05, 3.63) is 11.6 Å². The lowest BCUT2D eigenvalue weighted by molar-refractivity contribution is -0.156. The van der Waals surface area contributed by atoms with Gasteiger partial charge in [-0.05, 0) is 43.3 Å². The fraction of sp³-hybridized carbons (Fsp3) is 0.769. The normalized spacial score (nSPS) is 36.5. The van der Waals surface area contributed by atoms with E-state index >= 15 is 0 Å². The maximum absolute atomic E-state index is 11.5. The van der Waals surface area contributed by atoms with Crippen molar-refractivity contribution in [1.82, 2.24) is 0 Å². The van der Waals surface area contributed by atoms with E-state index in [0.29, 0.717) is 0 Å². The van der Waals surface area contributed by atoms with E-state index in [4.69, 9.17) is 9.47 Å². The topological polar surface area (TPSA) is 35.5 Å².